The predicted octanol–water partition coefficient (Wildman–Crippen LogP) is 2.70. The summed E-state index contributed by atoms with van der Waals surface area (Å²) in [5.41, 5.74) is 12.3. The summed E-state index contributed by atoms with van der Waals surface area (Å²) in [6, 6.07) is 15.2. The van der Waals surface area contributed by atoms with Gasteiger partial charge < -0.3 is 16.8 Å². The third-order valence-corrected chi connectivity index (χ3v) is 5.13. The first kappa shape index (κ1) is 17.2. The van der Waals surface area contributed by atoms with E-state index in [1.54, 1.807) is 11.3 Å². The molecule has 3 aromatic rings. The quantitative estimate of drug-likeness (QED) is 0.454. The standard InChI is InChI=1S/C17H17N5OS2/c18-13-9-14(19)21-17(20-13)25-10-15(23)22-16(12-7-4-8-24-12)11-5-2-1-3-6-11/h1-9,16H,10H2,(H,22,23)(H4,18,19,20,21)/t16-/m1/s1. The van der Waals surface area contributed by atoms with Gasteiger partial charge in [0.15, 0.2) is 5.16 Å². The molecule has 0 unspecified atom stereocenters. The van der Waals surface area contributed by atoms with E-state index in [0.29, 0.717) is 5.16 Å². The van der Waals surface area contributed by atoms with Crippen LogP contribution in [0.3, 0.4) is 0 Å². The van der Waals surface area contributed by atoms with E-state index in [2.05, 4.69) is 15.3 Å². The van der Waals surface area contributed by atoms with Crippen LogP contribution in [0.5, 0.6) is 0 Å². The summed E-state index contributed by atoms with van der Waals surface area (Å²) in [7, 11) is 0. The minimum absolute atomic E-state index is 0.114. The number of hydrogen-bond acceptors (Lipinski definition) is 7. The molecule has 8 heteroatoms. The molecule has 5 N–H and O–H groups in total. The first-order chi connectivity index (χ1) is 12.1. The molecule has 0 saturated heterocycles. The van der Waals surface area contributed by atoms with Crippen LogP contribution >= 0.6 is 23.1 Å². The summed E-state index contributed by atoms with van der Waals surface area (Å²) in [6.07, 6.45) is 0. The Hall–Kier alpha value is -2.58. The fraction of sp³-hybridized carbons (Fsp3) is 0.118. The number of nitrogens with one attached hydrogen (secondary N) is 1. The molecule has 128 valence electrons. The van der Waals surface area contributed by atoms with Crippen LogP contribution in [0.25, 0.3) is 0 Å². The first-order valence-corrected chi connectivity index (χ1v) is 9.39. The summed E-state index contributed by atoms with van der Waals surface area (Å²) in [4.78, 5) is 21.6. The summed E-state index contributed by atoms with van der Waals surface area (Å²) >= 11 is 2.81. The Labute approximate surface area is 153 Å². The lowest BCUT2D eigenvalue weighted by Crippen LogP contribution is -2.30. The summed E-state index contributed by atoms with van der Waals surface area (Å²) < 4.78 is 0. The number of nitrogen functional groups attached to an aromatic ring is 2. The zero-order chi connectivity index (χ0) is 17.6. The van der Waals surface area contributed by atoms with Gasteiger partial charge in [-0.2, -0.15) is 0 Å². The van der Waals surface area contributed by atoms with Gasteiger partial charge in [0.05, 0.1) is 11.8 Å². The Balaban J connectivity index is 1.68. The lowest BCUT2D eigenvalue weighted by Gasteiger charge is -2.18. The number of anilines is 2. The highest BCUT2D eigenvalue weighted by atomic mass is 32.2. The Morgan fingerprint density at radius 1 is 1.12 bits per heavy atom. The maximum Gasteiger partial charge on any atom is 0.231 e. The summed E-state index contributed by atoms with van der Waals surface area (Å²) in [5, 5.41) is 5.45. The second-order valence-electron chi connectivity index (χ2n) is 5.22. The molecule has 0 bridgehead atoms. The van der Waals surface area contributed by atoms with Crippen molar-refractivity contribution < 1.29 is 4.79 Å². The van der Waals surface area contributed by atoms with Crippen molar-refractivity contribution in [3.63, 3.8) is 0 Å². The Morgan fingerprint density at radius 3 is 2.48 bits per heavy atom. The first-order valence-electron chi connectivity index (χ1n) is 7.52. The molecule has 1 atom stereocenters. The molecule has 0 radical (unpaired) electrons. The van der Waals surface area contributed by atoms with Gasteiger partial charge in [-0.3, -0.25) is 4.79 Å². The van der Waals surface area contributed by atoms with Crippen LogP contribution in [-0.4, -0.2) is 21.6 Å². The van der Waals surface area contributed by atoms with Gasteiger partial charge in [0.1, 0.15) is 11.6 Å². The second kappa shape index (κ2) is 8.00. The molecular formula is C17H17N5OS2. The van der Waals surface area contributed by atoms with Gasteiger partial charge in [-0.05, 0) is 17.0 Å². The van der Waals surface area contributed by atoms with Crippen LogP contribution < -0.4 is 16.8 Å². The maximum absolute atomic E-state index is 12.4. The monoisotopic (exact) mass is 371 g/mol. The van der Waals surface area contributed by atoms with Crippen molar-refractivity contribution in [1.82, 2.24) is 15.3 Å². The van der Waals surface area contributed by atoms with Crippen molar-refractivity contribution in [1.29, 1.82) is 0 Å². The molecule has 0 fully saturated rings. The molecule has 2 heterocycles. The van der Waals surface area contributed by atoms with Gasteiger partial charge in [0.2, 0.25) is 5.91 Å². The number of thioether (sulfide) groups is 1. The number of carbonyl (C=O) groups is 1. The van der Waals surface area contributed by atoms with Crippen LogP contribution in [0.1, 0.15) is 16.5 Å². The lowest BCUT2D eigenvalue weighted by molar-refractivity contribution is -0.119. The van der Waals surface area contributed by atoms with E-state index in [1.165, 1.54) is 17.8 Å². The van der Waals surface area contributed by atoms with E-state index in [-0.39, 0.29) is 29.3 Å². The summed E-state index contributed by atoms with van der Waals surface area (Å²) in [6.45, 7) is 0. The largest absolute Gasteiger partial charge is 0.383 e. The molecule has 1 aromatic carbocycles. The van der Waals surface area contributed by atoms with Gasteiger partial charge in [0.25, 0.3) is 0 Å². The van der Waals surface area contributed by atoms with Crippen molar-refractivity contribution >= 4 is 40.6 Å². The molecular weight excluding hydrogens is 354 g/mol. The van der Waals surface area contributed by atoms with Gasteiger partial charge in [-0.15, -0.1) is 11.3 Å². The van der Waals surface area contributed by atoms with Crippen molar-refractivity contribution in [3.8, 4) is 0 Å². The van der Waals surface area contributed by atoms with E-state index >= 15 is 0 Å². The fourth-order valence-electron chi connectivity index (χ4n) is 2.28. The average Bonchev–Trinajstić information content (AvgIpc) is 3.12. The second-order valence-corrected chi connectivity index (χ2v) is 7.14. The molecule has 0 spiro atoms. The number of carbonyl (C=O) groups excluding carboxylic acids is 1. The van der Waals surface area contributed by atoms with Crippen molar-refractivity contribution in [2.45, 2.75) is 11.2 Å². The number of nitrogens with two attached hydrogens (primary N) is 2. The molecule has 1 amide bonds. The smallest absolute Gasteiger partial charge is 0.231 e. The zero-order valence-corrected chi connectivity index (χ0v) is 14.9. The minimum atomic E-state index is -0.180. The van der Waals surface area contributed by atoms with E-state index in [1.807, 2.05) is 47.8 Å². The third kappa shape index (κ3) is 4.71. The molecule has 0 aliphatic heterocycles. The Bertz CT molecular complexity index is 819. The highest BCUT2D eigenvalue weighted by Gasteiger charge is 2.18. The number of rotatable bonds is 6. The number of hydrogen-bond donors (Lipinski definition) is 3. The molecule has 0 aliphatic rings. The lowest BCUT2D eigenvalue weighted by atomic mass is 10.1. The maximum atomic E-state index is 12.4. The third-order valence-electron chi connectivity index (χ3n) is 3.34. The van der Waals surface area contributed by atoms with Crippen molar-refractivity contribution in [2.24, 2.45) is 0 Å². The van der Waals surface area contributed by atoms with Crippen LogP contribution in [-0.2, 0) is 4.79 Å². The minimum Gasteiger partial charge on any atom is -0.383 e. The molecule has 6 nitrogen and oxygen atoms in total. The SMILES string of the molecule is Nc1cc(N)nc(SCC(=O)N[C@H](c2ccccc2)c2cccs2)n1. The molecule has 25 heavy (non-hydrogen) atoms. The van der Waals surface area contributed by atoms with E-state index < -0.39 is 0 Å². The number of thiophene rings is 1. The zero-order valence-electron chi connectivity index (χ0n) is 13.3. The highest BCUT2D eigenvalue weighted by molar-refractivity contribution is 7.99. The molecule has 0 saturated carbocycles. The van der Waals surface area contributed by atoms with Crippen LogP contribution in [0.4, 0.5) is 11.6 Å². The van der Waals surface area contributed by atoms with Gasteiger partial charge in [-0.1, -0.05) is 48.2 Å². The fourth-order valence-corrected chi connectivity index (χ4v) is 3.76. The van der Waals surface area contributed by atoms with Crippen LogP contribution in [0.2, 0.25) is 0 Å². The normalized spacial score (nSPS) is 11.8. The van der Waals surface area contributed by atoms with Gasteiger partial charge in [-0.25, -0.2) is 9.97 Å². The van der Waals surface area contributed by atoms with Crippen LogP contribution in [0, 0.1) is 0 Å². The predicted molar refractivity (Wildman–Crippen MR) is 102 cm³/mol. The van der Waals surface area contributed by atoms with Gasteiger partial charge in [0, 0.05) is 10.9 Å². The molecule has 0 aliphatic carbocycles. The Morgan fingerprint density at radius 2 is 1.84 bits per heavy atom. The van der Waals surface area contributed by atoms with E-state index in [0.717, 1.165) is 10.4 Å². The molecule has 2 aromatic heterocycles. The van der Waals surface area contributed by atoms with E-state index in [4.69, 9.17) is 11.5 Å². The average molecular weight is 371 g/mol. The van der Waals surface area contributed by atoms with E-state index in [9.17, 15) is 4.79 Å². The highest BCUT2D eigenvalue weighted by Crippen LogP contribution is 2.26. The number of aromatic nitrogens is 2. The van der Waals surface area contributed by atoms with Crippen molar-refractivity contribution in [3.05, 3.63) is 64.4 Å². The Kier molecular flexibility index (Phi) is 5.52. The number of nitrogens with zero attached hydrogens (tertiary/aromatic N) is 2. The summed E-state index contributed by atoms with van der Waals surface area (Å²) in [5.74, 6) is 0.640. The molecule has 3 rings (SSSR count). The van der Waals surface area contributed by atoms with Gasteiger partial charge >= 0.3 is 0 Å². The number of amides is 1. The topological polar surface area (TPSA) is 107 Å². The van der Waals surface area contributed by atoms with Crippen molar-refractivity contribution in [2.75, 3.05) is 17.2 Å². The van der Waals surface area contributed by atoms with Crippen LogP contribution in [0.15, 0.2) is 59.1 Å². The number of benzene rings is 1.